The number of aromatic nitrogens is 1. The molecule has 0 radical (unpaired) electrons. The molecule has 0 aliphatic carbocycles. The van der Waals surface area contributed by atoms with Crippen LogP contribution in [0.2, 0.25) is 5.02 Å². The van der Waals surface area contributed by atoms with E-state index in [0.29, 0.717) is 23.2 Å². The molecule has 154 valence electrons. The molecule has 1 aromatic heterocycles. The third-order valence-electron chi connectivity index (χ3n) is 4.91. The number of benzene rings is 2. The van der Waals surface area contributed by atoms with Gasteiger partial charge in [-0.3, -0.25) is 9.69 Å². The van der Waals surface area contributed by atoms with Crippen LogP contribution < -0.4 is 4.90 Å². The quantitative estimate of drug-likeness (QED) is 0.488. The van der Waals surface area contributed by atoms with Crippen LogP contribution in [0.3, 0.4) is 0 Å². The number of halogens is 3. The molecular weight excluding hydrogens is 416 g/mol. The van der Waals surface area contributed by atoms with Crippen LogP contribution in [0.15, 0.2) is 30.3 Å². The van der Waals surface area contributed by atoms with Gasteiger partial charge in [-0.2, -0.15) is 0 Å². The standard InChI is InChI=1S/C21H22ClF2N3OS/c1-4-26(5-2)10-11-27(20(28)15-7-6-14(23)12-17(15)24)21-25-19-13(3)16(22)8-9-18(19)29-21/h6-9,12H,4-5,10-11H2,1-3H3. The fourth-order valence-electron chi connectivity index (χ4n) is 3.08. The second-order valence-electron chi connectivity index (χ2n) is 6.62. The molecular formula is C21H22ClF2N3OS. The molecule has 3 rings (SSSR count). The summed E-state index contributed by atoms with van der Waals surface area (Å²) in [4.78, 5) is 21.4. The molecule has 2 aromatic carbocycles. The average Bonchev–Trinajstić information content (AvgIpc) is 3.12. The van der Waals surface area contributed by atoms with Gasteiger partial charge in [0.15, 0.2) is 5.13 Å². The Balaban J connectivity index is 2.03. The van der Waals surface area contributed by atoms with Crippen molar-refractivity contribution in [2.75, 3.05) is 31.1 Å². The summed E-state index contributed by atoms with van der Waals surface area (Å²) in [5.74, 6) is -2.15. The topological polar surface area (TPSA) is 36.4 Å². The van der Waals surface area contributed by atoms with Crippen LogP contribution in [-0.4, -0.2) is 42.0 Å². The molecule has 3 aromatic rings. The highest BCUT2D eigenvalue weighted by Gasteiger charge is 2.25. The second kappa shape index (κ2) is 9.15. The van der Waals surface area contributed by atoms with E-state index >= 15 is 0 Å². The molecule has 0 spiro atoms. The number of amides is 1. The van der Waals surface area contributed by atoms with Crippen LogP contribution in [0, 0.1) is 18.6 Å². The van der Waals surface area contributed by atoms with Crippen LogP contribution in [0.5, 0.6) is 0 Å². The maximum absolute atomic E-state index is 14.3. The minimum absolute atomic E-state index is 0.181. The van der Waals surface area contributed by atoms with E-state index in [4.69, 9.17) is 11.6 Å². The summed E-state index contributed by atoms with van der Waals surface area (Å²) in [7, 11) is 0. The molecule has 0 aliphatic heterocycles. The van der Waals surface area contributed by atoms with Gasteiger partial charge in [0.2, 0.25) is 0 Å². The van der Waals surface area contributed by atoms with Gasteiger partial charge in [0, 0.05) is 24.2 Å². The number of nitrogens with zero attached hydrogens (tertiary/aromatic N) is 3. The van der Waals surface area contributed by atoms with E-state index in [0.717, 1.165) is 41.0 Å². The highest BCUT2D eigenvalue weighted by atomic mass is 35.5. The lowest BCUT2D eigenvalue weighted by atomic mass is 10.2. The Hall–Kier alpha value is -2.09. The largest absolute Gasteiger partial charge is 0.302 e. The Morgan fingerprint density at radius 3 is 2.52 bits per heavy atom. The molecule has 0 atom stereocenters. The zero-order chi connectivity index (χ0) is 21.1. The zero-order valence-electron chi connectivity index (χ0n) is 16.5. The summed E-state index contributed by atoms with van der Waals surface area (Å²) in [6.45, 7) is 8.56. The van der Waals surface area contributed by atoms with Crippen LogP contribution in [0.25, 0.3) is 10.2 Å². The summed E-state index contributed by atoms with van der Waals surface area (Å²) in [6, 6.07) is 6.63. The van der Waals surface area contributed by atoms with Crippen molar-refractivity contribution in [2.24, 2.45) is 0 Å². The van der Waals surface area contributed by atoms with Crippen LogP contribution in [0.4, 0.5) is 13.9 Å². The predicted molar refractivity (Wildman–Crippen MR) is 115 cm³/mol. The van der Waals surface area contributed by atoms with Crippen molar-refractivity contribution >= 4 is 44.2 Å². The van der Waals surface area contributed by atoms with E-state index in [1.165, 1.54) is 22.3 Å². The number of carbonyl (C=O) groups excluding carboxylic acids is 1. The average molecular weight is 438 g/mol. The van der Waals surface area contributed by atoms with E-state index in [2.05, 4.69) is 9.88 Å². The molecule has 1 heterocycles. The minimum Gasteiger partial charge on any atom is -0.302 e. The van der Waals surface area contributed by atoms with Crippen molar-refractivity contribution in [1.82, 2.24) is 9.88 Å². The van der Waals surface area contributed by atoms with Gasteiger partial charge in [-0.15, -0.1) is 0 Å². The Morgan fingerprint density at radius 1 is 1.14 bits per heavy atom. The van der Waals surface area contributed by atoms with Gasteiger partial charge in [-0.25, -0.2) is 13.8 Å². The highest BCUT2D eigenvalue weighted by Crippen LogP contribution is 2.34. The van der Waals surface area contributed by atoms with E-state index in [9.17, 15) is 13.6 Å². The fourth-order valence-corrected chi connectivity index (χ4v) is 4.28. The van der Waals surface area contributed by atoms with Gasteiger partial charge in [-0.1, -0.05) is 36.8 Å². The smallest absolute Gasteiger partial charge is 0.263 e. The second-order valence-corrected chi connectivity index (χ2v) is 8.04. The minimum atomic E-state index is -0.886. The van der Waals surface area contributed by atoms with Crippen molar-refractivity contribution in [3.8, 4) is 0 Å². The lowest BCUT2D eigenvalue weighted by Crippen LogP contribution is -2.39. The van der Waals surface area contributed by atoms with Gasteiger partial charge < -0.3 is 4.90 Å². The number of anilines is 1. The molecule has 0 N–H and O–H groups in total. The molecule has 1 amide bonds. The molecule has 0 fully saturated rings. The molecule has 0 bridgehead atoms. The van der Waals surface area contributed by atoms with Crippen LogP contribution in [-0.2, 0) is 0 Å². The van der Waals surface area contributed by atoms with Crippen molar-refractivity contribution in [3.05, 3.63) is 58.1 Å². The monoisotopic (exact) mass is 437 g/mol. The molecule has 29 heavy (non-hydrogen) atoms. The summed E-state index contributed by atoms with van der Waals surface area (Å²) < 4.78 is 28.5. The first kappa shape index (κ1) is 21.6. The van der Waals surface area contributed by atoms with Gasteiger partial charge >= 0.3 is 0 Å². The number of hydrogen-bond donors (Lipinski definition) is 0. The maximum Gasteiger partial charge on any atom is 0.263 e. The third-order valence-corrected chi connectivity index (χ3v) is 6.36. The van der Waals surface area contributed by atoms with Crippen molar-refractivity contribution < 1.29 is 13.6 Å². The van der Waals surface area contributed by atoms with Gasteiger partial charge in [0.05, 0.1) is 15.8 Å². The Labute approximate surface area is 177 Å². The van der Waals surface area contributed by atoms with Gasteiger partial charge in [-0.05, 0) is 49.8 Å². The maximum atomic E-state index is 14.3. The third kappa shape index (κ3) is 4.57. The number of thiazole rings is 1. The van der Waals surface area contributed by atoms with Crippen molar-refractivity contribution in [1.29, 1.82) is 0 Å². The van der Waals surface area contributed by atoms with Gasteiger partial charge in [0.25, 0.3) is 5.91 Å². The van der Waals surface area contributed by atoms with E-state index < -0.39 is 17.5 Å². The van der Waals surface area contributed by atoms with Crippen LogP contribution in [0.1, 0.15) is 29.8 Å². The first-order valence-corrected chi connectivity index (χ1v) is 10.6. The molecule has 8 heteroatoms. The number of fused-ring (bicyclic) bond motifs is 1. The van der Waals surface area contributed by atoms with E-state index in [-0.39, 0.29) is 5.56 Å². The highest BCUT2D eigenvalue weighted by molar-refractivity contribution is 7.22. The van der Waals surface area contributed by atoms with Crippen LogP contribution >= 0.6 is 22.9 Å². The fraction of sp³-hybridized carbons (Fsp3) is 0.333. The molecule has 0 saturated carbocycles. The summed E-state index contributed by atoms with van der Waals surface area (Å²) in [5.41, 5.74) is 1.37. The summed E-state index contributed by atoms with van der Waals surface area (Å²) >= 11 is 7.55. The number of hydrogen-bond acceptors (Lipinski definition) is 4. The summed E-state index contributed by atoms with van der Waals surface area (Å²) in [5, 5.41) is 1.06. The van der Waals surface area contributed by atoms with E-state index in [1.807, 2.05) is 26.8 Å². The molecule has 0 saturated heterocycles. The molecule has 0 unspecified atom stereocenters. The zero-order valence-corrected chi connectivity index (χ0v) is 18.1. The van der Waals surface area contributed by atoms with Crippen molar-refractivity contribution in [2.45, 2.75) is 20.8 Å². The Bertz CT molecular complexity index is 1040. The van der Waals surface area contributed by atoms with E-state index in [1.54, 1.807) is 6.07 Å². The first-order valence-electron chi connectivity index (χ1n) is 9.40. The first-order chi connectivity index (χ1) is 13.8. The molecule has 0 aliphatic rings. The number of rotatable bonds is 7. The molecule has 4 nitrogen and oxygen atoms in total. The normalized spacial score (nSPS) is 11.4. The number of carbonyl (C=O) groups is 1. The Kier molecular flexibility index (Phi) is 6.82. The number of aryl methyl sites for hydroxylation is 1. The summed E-state index contributed by atoms with van der Waals surface area (Å²) in [6.07, 6.45) is 0. The lowest BCUT2D eigenvalue weighted by Gasteiger charge is -2.24. The predicted octanol–water partition coefficient (Wildman–Crippen LogP) is 5.52. The SMILES string of the molecule is CCN(CC)CCN(C(=O)c1ccc(F)cc1F)c1nc2c(C)c(Cl)ccc2s1. The van der Waals surface area contributed by atoms with Crippen molar-refractivity contribution in [3.63, 3.8) is 0 Å². The number of likely N-dealkylation sites (N-methyl/N-ethyl adjacent to an activating group) is 1. The lowest BCUT2D eigenvalue weighted by molar-refractivity contribution is 0.0980. The Morgan fingerprint density at radius 2 is 1.86 bits per heavy atom. The van der Waals surface area contributed by atoms with Gasteiger partial charge in [0.1, 0.15) is 11.6 Å².